The number of benzene rings is 1. The Bertz CT molecular complexity index is 446. The van der Waals surface area contributed by atoms with E-state index in [2.05, 4.69) is 5.32 Å². The third kappa shape index (κ3) is 4.78. The van der Waals surface area contributed by atoms with Gasteiger partial charge in [0.2, 0.25) is 0 Å². The zero-order valence-corrected chi connectivity index (χ0v) is 12.2. The van der Waals surface area contributed by atoms with Gasteiger partial charge in [0.25, 0.3) is 0 Å². The number of hydrogen-bond acceptors (Lipinski definition) is 1. The maximum atomic E-state index is 13.6. The highest BCUT2D eigenvalue weighted by Gasteiger charge is 2.34. The molecule has 1 atom stereocenters. The smallest absolute Gasteiger partial charge is 0.310 e. The summed E-state index contributed by atoms with van der Waals surface area (Å²) < 4.78 is 51.3. The van der Waals surface area contributed by atoms with Gasteiger partial charge in [0.15, 0.2) is 0 Å². The number of rotatable bonds is 4. The van der Waals surface area contributed by atoms with Crippen LogP contribution in [0.5, 0.6) is 0 Å². The van der Waals surface area contributed by atoms with Gasteiger partial charge in [-0.25, -0.2) is 4.39 Å². The van der Waals surface area contributed by atoms with Gasteiger partial charge in [0.05, 0.1) is 5.56 Å². The summed E-state index contributed by atoms with van der Waals surface area (Å²) in [4.78, 5) is 0. The van der Waals surface area contributed by atoms with Crippen LogP contribution in [0.25, 0.3) is 0 Å². The number of halogens is 4. The summed E-state index contributed by atoms with van der Waals surface area (Å²) in [6.07, 6.45) is -3.94. The molecular weight excluding hydrogens is 270 g/mol. The highest BCUT2D eigenvalue weighted by Crippen LogP contribution is 2.34. The van der Waals surface area contributed by atoms with Crippen LogP contribution < -0.4 is 5.32 Å². The Labute approximate surface area is 117 Å². The van der Waals surface area contributed by atoms with Gasteiger partial charge >= 0.3 is 6.18 Å². The molecule has 1 nitrogen and oxygen atoms in total. The van der Waals surface area contributed by atoms with E-state index in [1.165, 1.54) is 6.07 Å². The molecule has 0 aliphatic rings. The van der Waals surface area contributed by atoms with Crippen molar-refractivity contribution >= 4 is 0 Å². The van der Waals surface area contributed by atoms with E-state index < -0.39 is 17.6 Å². The van der Waals surface area contributed by atoms with Gasteiger partial charge in [-0.1, -0.05) is 33.8 Å². The van der Waals surface area contributed by atoms with E-state index in [0.717, 1.165) is 12.1 Å². The Morgan fingerprint density at radius 3 is 2.15 bits per heavy atom. The lowest BCUT2D eigenvalue weighted by Gasteiger charge is -2.27. The summed E-state index contributed by atoms with van der Waals surface area (Å²) in [6.45, 7) is 8.70. The van der Waals surface area contributed by atoms with E-state index in [1.54, 1.807) is 0 Å². The summed E-state index contributed by atoms with van der Waals surface area (Å²) >= 11 is 0. The van der Waals surface area contributed by atoms with Gasteiger partial charge in [0.1, 0.15) is 5.82 Å². The summed E-state index contributed by atoms with van der Waals surface area (Å²) in [7, 11) is 0. The second kappa shape index (κ2) is 6.12. The monoisotopic (exact) mass is 291 g/mol. The van der Waals surface area contributed by atoms with E-state index >= 15 is 0 Å². The van der Waals surface area contributed by atoms with Gasteiger partial charge < -0.3 is 5.32 Å². The van der Waals surface area contributed by atoms with Crippen molar-refractivity contribution in [3.63, 3.8) is 0 Å². The SMILES string of the molecule is CCNC(CC(C)(C)C)c1ccc(C(F)(F)F)c(F)c1. The van der Waals surface area contributed by atoms with Crippen LogP contribution in [-0.4, -0.2) is 6.54 Å². The predicted octanol–water partition coefficient (Wildman–Crippen LogP) is 4.93. The maximum absolute atomic E-state index is 13.6. The highest BCUT2D eigenvalue weighted by atomic mass is 19.4. The van der Waals surface area contributed by atoms with Crippen LogP contribution in [0.1, 0.15) is 51.3 Å². The average molecular weight is 291 g/mol. The molecule has 0 aromatic heterocycles. The minimum absolute atomic E-state index is 0.00793. The minimum atomic E-state index is -4.65. The van der Waals surface area contributed by atoms with Crippen LogP contribution in [0.4, 0.5) is 17.6 Å². The Kier molecular flexibility index (Phi) is 5.19. The van der Waals surface area contributed by atoms with Crippen LogP contribution in [0.2, 0.25) is 0 Å². The van der Waals surface area contributed by atoms with E-state index in [0.29, 0.717) is 18.5 Å². The van der Waals surface area contributed by atoms with Crippen molar-refractivity contribution in [2.24, 2.45) is 5.41 Å². The van der Waals surface area contributed by atoms with Crippen molar-refractivity contribution in [3.8, 4) is 0 Å². The number of hydrogen-bond donors (Lipinski definition) is 1. The molecule has 0 bridgehead atoms. The Balaban J connectivity index is 3.07. The van der Waals surface area contributed by atoms with Gasteiger partial charge in [-0.05, 0) is 36.1 Å². The second-order valence-electron chi connectivity index (χ2n) is 6.11. The first kappa shape index (κ1) is 17.0. The van der Waals surface area contributed by atoms with E-state index in [9.17, 15) is 17.6 Å². The van der Waals surface area contributed by atoms with Crippen LogP contribution in [0, 0.1) is 11.2 Å². The lowest BCUT2D eigenvalue weighted by atomic mass is 9.85. The number of nitrogens with one attached hydrogen (secondary N) is 1. The zero-order valence-electron chi connectivity index (χ0n) is 12.2. The largest absolute Gasteiger partial charge is 0.419 e. The lowest BCUT2D eigenvalue weighted by molar-refractivity contribution is -0.140. The molecule has 1 unspecified atom stereocenters. The molecule has 1 N–H and O–H groups in total. The molecule has 5 heteroatoms. The van der Waals surface area contributed by atoms with E-state index in [4.69, 9.17) is 0 Å². The normalized spacial score (nSPS) is 14.4. The molecule has 0 aliphatic heterocycles. The molecule has 1 aromatic carbocycles. The van der Waals surface area contributed by atoms with Gasteiger partial charge in [0, 0.05) is 6.04 Å². The molecule has 0 aliphatic carbocycles. The summed E-state index contributed by atoms with van der Waals surface area (Å²) in [5.74, 6) is -1.22. The average Bonchev–Trinajstić information content (AvgIpc) is 2.24. The van der Waals surface area contributed by atoms with Crippen LogP contribution >= 0.6 is 0 Å². The highest BCUT2D eigenvalue weighted by molar-refractivity contribution is 5.28. The third-order valence-corrected chi connectivity index (χ3v) is 2.97. The first-order valence-electron chi connectivity index (χ1n) is 6.64. The summed E-state index contributed by atoms with van der Waals surface area (Å²) in [5.41, 5.74) is -0.675. The first-order chi connectivity index (χ1) is 9.04. The molecule has 0 saturated carbocycles. The van der Waals surface area contributed by atoms with Crippen molar-refractivity contribution in [1.82, 2.24) is 5.32 Å². The molecule has 0 amide bonds. The standard InChI is InChI=1S/C15H21F4N/c1-5-20-13(9-14(2,3)4)10-6-7-11(12(16)8-10)15(17,18)19/h6-8,13,20H,5,9H2,1-4H3. The van der Waals surface area contributed by atoms with Gasteiger partial charge in [-0.15, -0.1) is 0 Å². The Morgan fingerprint density at radius 2 is 1.75 bits per heavy atom. The summed E-state index contributed by atoms with van der Waals surface area (Å²) in [5, 5.41) is 3.19. The number of alkyl halides is 3. The third-order valence-electron chi connectivity index (χ3n) is 2.97. The van der Waals surface area contributed by atoms with Crippen molar-refractivity contribution in [3.05, 3.63) is 35.1 Å². The Hall–Kier alpha value is -1.10. The topological polar surface area (TPSA) is 12.0 Å². The maximum Gasteiger partial charge on any atom is 0.419 e. The molecule has 0 radical (unpaired) electrons. The van der Waals surface area contributed by atoms with Crippen molar-refractivity contribution < 1.29 is 17.6 Å². The van der Waals surface area contributed by atoms with E-state index in [1.807, 2.05) is 27.7 Å². The predicted molar refractivity (Wildman–Crippen MR) is 71.9 cm³/mol. The fourth-order valence-electron chi connectivity index (χ4n) is 2.14. The molecule has 0 fully saturated rings. The zero-order chi connectivity index (χ0) is 15.6. The fraction of sp³-hybridized carbons (Fsp3) is 0.600. The van der Waals surface area contributed by atoms with Crippen molar-refractivity contribution in [1.29, 1.82) is 0 Å². The molecule has 1 rings (SSSR count). The lowest BCUT2D eigenvalue weighted by Crippen LogP contribution is -2.26. The van der Waals surface area contributed by atoms with Crippen LogP contribution in [-0.2, 0) is 6.18 Å². The Morgan fingerprint density at radius 1 is 1.15 bits per heavy atom. The second-order valence-corrected chi connectivity index (χ2v) is 6.11. The molecule has 0 saturated heterocycles. The van der Waals surface area contributed by atoms with Crippen molar-refractivity contribution in [2.75, 3.05) is 6.54 Å². The van der Waals surface area contributed by atoms with Gasteiger partial charge in [-0.3, -0.25) is 0 Å². The van der Waals surface area contributed by atoms with Crippen LogP contribution in [0.15, 0.2) is 18.2 Å². The van der Waals surface area contributed by atoms with E-state index in [-0.39, 0.29) is 11.5 Å². The summed E-state index contributed by atoms with van der Waals surface area (Å²) in [6, 6.07) is 3.00. The fourth-order valence-corrected chi connectivity index (χ4v) is 2.14. The first-order valence-corrected chi connectivity index (χ1v) is 6.64. The molecular formula is C15H21F4N. The quantitative estimate of drug-likeness (QED) is 0.775. The molecule has 0 heterocycles. The van der Waals surface area contributed by atoms with Crippen molar-refractivity contribution in [2.45, 2.75) is 46.3 Å². The van der Waals surface area contributed by atoms with Crippen LogP contribution in [0.3, 0.4) is 0 Å². The molecule has 20 heavy (non-hydrogen) atoms. The molecule has 0 spiro atoms. The molecule has 1 aromatic rings. The minimum Gasteiger partial charge on any atom is -0.310 e. The van der Waals surface area contributed by atoms with Gasteiger partial charge in [-0.2, -0.15) is 13.2 Å². The molecule has 114 valence electrons.